The van der Waals surface area contributed by atoms with Gasteiger partial charge >= 0.3 is 0 Å². The van der Waals surface area contributed by atoms with Crippen LogP contribution in [0.1, 0.15) is 126 Å². The van der Waals surface area contributed by atoms with Gasteiger partial charge in [0.25, 0.3) is 0 Å². The lowest BCUT2D eigenvalue weighted by Gasteiger charge is -2.61. The molecule has 4 rings (SSSR count). The smallest absolute Gasteiger partial charge is 0.0543 e. The maximum Gasteiger partial charge on any atom is 0.0543 e. The van der Waals surface area contributed by atoms with Crippen molar-refractivity contribution in [3.63, 3.8) is 0 Å². The normalized spacial score (nSPS) is 43.5. The van der Waals surface area contributed by atoms with E-state index in [0.29, 0.717) is 10.8 Å². The number of rotatable bonds is 5. The molecule has 1 nitrogen and oxygen atoms in total. The summed E-state index contributed by atoms with van der Waals surface area (Å²) in [6.45, 7) is 19.2. The van der Waals surface area contributed by atoms with Crippen molar-refractivity contribution in [2.45, 2.75) is 132 Å². The third-order valence-corrected chi connectivity index (χ3v) is 11.6. The fraction of sp³-hybridized carbons (Fsp3) is 0.938. The summed E-state index contributed by atoms with van der Waals surface area (Å²) >= 11 is 0. The number of hydrogen-bond acceptors (Lipinski definition) is 1. The fourth-order valence-electron chi connectivity index (χ4n) is 9.27. The number of aliphatic hydroxyl groups is 1. The van der Waals surface area contributed by atoms with Crippen LogP contribution in [0.25, 0.3) is 0 Å². The highest BCUT2D eigenvalue weighted by atomic mass is 16.3. The van der Waals surface area contributed by atoms with Crippen molar-refractivity contribution < 1.29 is 5.11 Å². The largest absolute Gasteiger partial charge is 0.393 e. The molecule has 0 aliphatic heterocycles. The van der Waals surface area contributed by atoms with Crippen LogP contribution in [0, 0.1) is 71.0 Å². The molecule has 1 N–H and O–H groups in total. The van der Waals surface area contributed by atoms with Gasteiger partial charge in [-0.25, -0.2) is 0 Å². The second kappa shape index (κ2) is 12.0. The van der Waals surface area contributed by atoms with Crippen molar-refractivity contribution in [3.8, 4) is 12.8 Å². The zero-order valence-electron chi connectivity index (χ0n) is 23.6. The molecule has 4 saturated carbocycles. The van der Waals surface area contributed by atoms with Crippen molar-refractivity contribution in [2.24, 2.45) is 58.2 Å². The highest BCUT2D eigenvalue weighted by molar-refractivity contribution is 5.09. The Hall–Kier alpha value is -0.480. The van der Waals surface area contributed by atoms with Crippen molar-refractivity contribution >= 4 is 0 Å². The van der Waals surface area contributed by atoms with Crippen LogP contribution in [0.3, 0.4) is 0 Å². The lowest BCUT2D eigenvalue weighted by Crippen LogP contribution is -2.54. The van der Waals surface area contributed by atoms with Gasteiger partial charge in [0.05, 0.1) is 6.10 Å². The fourth-order valence-corrected chi connectivity index (χ4v) is 9.27. The molecule has 5 unspecified atom stereocenters. The monoisotopic (exact) mass is 458 g/mol. The van der Waals surface area contributed by atoms with E-state index in [1.54, 1.807) is 0 Å². The first kappa shape index (κ1) is 28.8. The summed E-state index contributed by atoms with van der Waals surface area (Å²) in [5.41, 5.74) is 1.14. The zero-order chi connectivity index (χ0) is 25.0. The third-order valence-electron chi connectivity index (χ3n) is 11.6. The molecule has 10 atom stereocenters. The van der Waals surface area contributed by atoms with E-state index in [9.17, 15) is 5.11 Å². The Morgan fingerprint density at radius 2 is 1.39 bits per heavy atom. The Morgan fingerprint density at radius 1 is 0.788 bits per heavy atom. The van der Waals surface area contributed by atoms with E-state index in [-0.39, 0.29) is 6.10 Å². The molecular formula is C32H58O. The van der Waals surface area contributed by atoms with Crippen molar-refractivity contribution in [1.29, 1.82) is 0 Å². The van der Waals surface area contributed by atoms with Crippen LogP contribution >= 0.6 is 0 Å². The lowest BCUT2D eigenvalue weighted by molar-refractivity contribution is -0.129. The summed E-state index contributed by atoms with van der Waals surface area (Å²) < 4.78 is 0. The van der Waals surface area contributed by atoms with Gasteiger partial charge in [-0.05, 0) is 116 Å². The Labute approximate surface area is 208 Å². The predicted molar refractivity (Wildman–Crippen MR) is 145 cm³/mol. The molecule has 0 amide bonds. The maximum atomic E-state index is 10.3. The average Bonchev–Trinajstić information content (AvgIpc) is 3.17. The SMILES string of the molecule is C#C.CC.CC(CC[C@@H](C)C(C)C)C1CCC2[C@@H]3CCC4C[C@@H](O)CC[C@]4(C)C3CC[C@]12C. The Morgan fingerprint density at radius 3 is 2.03 bits per heavy atom. The first-order valence-corrected chi connectivity index (χ1v) is 14.7. The minimum atomic E-state index is -0.0107. The zero-order valence-corrected chi connectivity index (χ0v) is 23.6. The molecule has 33 heavy (non-hydrogen) atoms. The van der Waals surface area contributed by atoms with Gasteiger partial charge in [0, 0.05) is 0 Å². The van der Waals surface area contributed by atoms with Gasteiger partial charge in [0.15, 0.2) is 0 Å². The minimum Gasteiger partial charge on any atom is -0.393 e. The van der Waals surface area contributed by atoms with E-state index in [0.717, 1.165) is 60.2 Å². The van der Waals surface area contributed by atoms with Crippen LogP contribution in [-0.4, -0.2) is 11.2 Å². The molecule has 0 spiro atoms. The summed E-state index contributed by atoms with van der Waals surface area (Å²) in [4.78, 5) is 0. The molecule has 0 aromatic rings. The van der Waals surface area contributed by atoms with E-state index >= 15 is 0 Å². The Balaban J connectivity index is 0.000000914. The summed E-state index contributed by atoms with van der Waals surface area (Å²) in [5, 5.41) is 10.3. The number of terminal acetylenes is 1. The van der Waals surface area contributed by atoms with Gasteiger partial charge in [-0.3, -0.25) is 0 Å². The van der Waals surface area contributed by atoms with E-state index < -0.39 is 0 Å². The lowest BCUT2D eigenvalue weighted by atomic mass is 9.44. The van der Waals surface area contributed by atoms with Crippen LogP contribution < -0.4 is 0 Å². The minimum absolute atomic E-state index is 0.0107. The third kappa shape index (κ3) is 5.52. The Bertz CT molecular complexity index is 607. The van der Waals surface area contributed by atoms with E-state index in [2.05, 4.69) is 54.4 Å². The predicted octanol–water partition coefficient (Wildman–Crippen LogP) is 8.99. The topological polar surface area (TPSA) is 20.2 Å². The molecule has 0 bridgehead atoms. The summed E-state index contributed by atoms with van der Waals surface area (Å²) in [5.74, 6) is 7.28. The molecule has 0 saturated heterocycles. The molecule has 1 heteroatoms. The quantitative estimate of drug-likeness (QED) is 0.407. The molecule has 0 heterocycles. The van der Waals surface area contributed by atoms with Crippen LogP contribution in [-0.2, 0) is 0 Å². The first-order chi connectivity index (χ1) is 15.7. The van der Waals surface area contributed by atoms with Gasteiger partial charge in [0.1, 0.15) is 0 Å². The van der Waals surface area contributed by atoms with Crippen LogP contribution in [0.4, 0.5) is 0 Å². The maximum absolute atomic E-state index is 10.3. The molecule has 4 aliphatic rings. The average molecular weight is 459 g/mol. The molecular weight excluding hydrogens is 400 g/mol. The van der Waals surface area contributed by atoms with Crippen LogP contribution in [0.5, 0.6) is 0 Å². The second-order valence-electron chi connectivity index (χ2n) is 13.1. The molecule has 0 aromatic heterocycles. The highest BCUT2D eigenvalue weighted by Gasteiger charge is 2.60. The van der Waals surface area contributed by atoms with Gasteiger partial charge in [-0.15, -0.1) is 12.8 Å². The molecule has 192 valence electrons. The van der Waals surface area contributed by atoms with Gasteiger partial charge in [0.2, 0.25) is 0 Å². The van der Waals surface area contributed by atoms with Gasteiger partial charge in [-0.2, -0.15) is 0 Å². The van der Waals surface area contributed by atoms with Crippen LogP contribution in [0.15, 0.2) is 0 Å². The summed E-state index contributed by atoms with van der Waals surface area (Å²) in [6, 6.07) is 0. The molecule has 4 fully saturated rings. The van der Waals surface area contributed by atoms with E-state index in [1.807, 2.05) is 13.8 Å². The second-order valence-corrected chi connectivity index (χ2v) is 13.1. The van der Waals surface area contributed by atoms with Crippen molar-refractivity contribution in [1.82, 2.24) is 0 Å². The molecule has 4 aliphatic carbocycles. The number of hydrogen-bond donors (Lipinski definition) is 1. The summed E-state index contributed by atoms with van der Waals surface area (Å²) in [6.07, 6.45) is 23.1. The number of fused-ring (bicyclic) bond motifs is 5. The number of aliphatic hydroxyl groups excluding tert-OH is 1. The standard InChI is InChI=1S/C28H50O.C2H6.C2H2/c1-18(2)19(3)7-8-20(4)24-11-12-25-23-10-9-21-17-22(29)13-15-27(21,5)26(23)14-16-28(24,25)6;2*1-2/h18-26,29H,7-17H2,1-6H3;1-2H3;1-2H/t19-,20?,21?,22+,23+,24?,25?,26?,27+,28-;;/m1../s1. The van der Waals surface area contributed by atoms with E-state index in [4.69, 9.17) is 0 Å². The highest BCUT2D eigenvalue weighted by Crippen LogP contribution is 2.68. The van der Waals surface area contributed by atoms with Crippen molar-refractivity contribution in [2.75, 3.05) is 0 Å². The van der Waals surface area contributed by atoms with Crippen molar-refractivity contribution in [3.05, 3.63) is 0 Å². The molecule has 0 aromatic carbocycles. The van der Waals surface area contributed by atoms with Gasteiger partial charge in [-0.1, -0.05) is 68.2 Å². The summed E-state index contributed by atoms with van der Waals surface area (Å²) in [7, 11) is 0. The first-order valence-electron chi connectivity index (χ1n) is 14.7. The Kier molecular flexibility index (Phi) is 10.4. The molecule has 0 radical (unpaired) electrons. The van der Waals surface area contributed by atoms with E-state index in [1.165, 1.54) is 57.8 Å². The van der Waals surface area contributed by atoms with Gasteiger partial charge < -0.3 is 5.11 Å². The van der Waals surface area contributed by atoms with Crippen LogP contribution in [0.2, 0.25) is 0 Å².